The third-order valence-corrected chi connectivity index (χ3v) is 3.76. The van der Waals surface area contributed by atoms with Crippen molar-refractivity contribution in [1.82, 2.24) is 5.32 Å². The van der Waals surface area contributed by atoms with Gasteiger partial charge in [-0.3, -0.25) is 0 Å². The van der Waals surface area contributed by atoms with Gasteiger partial charge in [0, 0.05) is 6.54 Å². The molecule has 1 aliphatic carbocycles. The van der Waals surface area contributed by atoms with Crippen molar-refractivity contribution in [1.29, 1.82) is 0 Å². The third kappa shape index (κ3) is 4.08. The zero-order chi connectivity index (χ0) is 13.2. The van der Waals surface area contributed by atoms with Crippen LogP contribution in [0.1, 0.15) is 40.5 Å². The van der Waals surface area contributed by atoms with Crippen LogP contribution < -0.4 is 5.32 Å². The van der Waals surface area contributed by atoms with Gasteiger partial charge in [0.25, 0.3) is 0 Å². The van der Waals surface area contributed by atoms with E-state index in [0.717, 1.165) is 24.9 Å². The molecular weight excluding hydrogens is 226 g/mol. The highest BCUT2D eigenvalue weighted by atomic mass is 16.7. The molecule has 104 valence electrons. The molecule has 2 rings (SSSR count). The van der Waals surface area contributed by atoms with Gasteiger partial charge in [0.2, 0.25) is 0 Å². The van der Waals surface area contributed by atoms with E-state index in [1.807, 2.05) is 13.8 Å². The molecular formula is C15H27NO2. The van der Waals surface area contributed by atoms with E-state index in [9.17, 15) is 0 Å². The van der Waals surface area contributed by atoms with Crippen molar-refractivity contribution in [3.8, 4) is 0 Å². The average molecular weight is 253 g/mol. The van der Waals surface area contributed by atoms with Crippen molar-refractivity contribution in [3.63, 3.8) is 0 Å². The lowest BCUT2D eigenvalue weighted by Crippen LogP contribution is -2.34. The topological polar surface area (TPSA) is 30.5 Å². The Labute approximate surface area is 111 Å². The van der Waals surface area contributed by atoms with Gasteiger partial charge in [-0.1, -0.05) is 18.6 Å². The van der Waals surface area contributed by atoms with E-state index in [1.54, 1.807) is 5.57 Å². The maximum Gasteiger partial charge on any atom is 0.163 e. The van der Waals surface area contributed by atoms with Crippen LogP contribution in [-0.2, 0) is 9.47 Å². The van der Waals surface area contributed by atoms with Crippen LogP contribution >= 0.6 is 0 Å². The maximum atomic E-state index is 5.78. The molecule has 0 aromatic rings. The highest BCUT2D eigenvalue weighted by Crippen LogP contribution is 2.27. The van der Waals surface area contributed by atoms with E-state index in [4.69, 9.17) is 9.47 Å². The predicted octanol–water partition coefficient (Wildman–Crippen LogP) is 2.72. The zero-order valence-electron chi connectivity index (χ0n) is 12.2. The Balaban J connectivity index is 1.66. The fourth-order valence-corrected chi connectivity index (χ4v) is 3.15. The Morgan fingerprint density at radius 1 is 1.39 bits per heavy atom. The summed E-state index contributed by atoms with van der Waals surface area (Å²) in [6, 6.07) is 0. The molecule has 0 amide bonds. The Morgan fingerprint density at radius 3 is 2.78 bits per heavy atom. The van der Waals surface area contributed by atoms with Crippen molar-refractivity contribution in [3.05, 3.63) is 11.6 Å². The third-order valence-electron chi connectivity index (χ3n) is 3.76. The molecule has 1 N–H and O–H groups in total. The van der Waals surface area contributed by atoms with Gasteiger partial charge < -0.3 is 14.8 Å². The summed E-state index contributed by atoms with van der Waals surface area (Å²) in [5.74, 6) is 1.11. The van der Waals surface area contributed by atoms with Gasteiger partial charge >= 0.3 is 0 Å². The first kappa shape index (κ1) is 14.0. The molecule has 2 aliphatic rings. The molecule has 3 heteroatoms. The van der Waals surface area contributed by atoms with Crippen molar-refractivity contribution >= 4 is 0 Å². The number of rotatable bonds is 4. The monoisotopic (exact) mass is 253 g/mol. The largest absolute Gasteiger partial charge is 0.348 e. The van der Waals surface area contributed by atoms with Crippen LogP contribution in [0.3, 0.4) is 0 Å². The lowest BCUT2D eigenvalue weighted by Gasteiger charge is -2.26. The van der Waals surface area contributed by atoms with Crippen LogP contribution in [0.4, 0.5) is 0 Å². The first-order chi connectivity index (χ1) is 8.44. The van der Waals surface area contributed by atoms with Gasteiger partial charge in [-0.25, -0.2) is 0 Å². The summed E-state index contributed by atoms with van der Waals surface area (Å²) in [4.78, 5) is 0. The smallest absolute Gasteiger partial charge is 0.163 e. The van der Waals surface area contributed by atoms with Crippen molar-refractivity contribution in [2.24, 2.45) is 11.8 Å². The number of allylic oxidation sites excluding steroid dienone is 2. The molecule has 1 fully saturated rings. The van der Waals surface area contributed by atoms with E-state index < -0.39 is 5.79 Å². The fraction of sp³-hybridized carbons (Fsp3) is 0.867. The van der Waals surface area contributed by atoms with Gasteiger partial charge in [0.1, 0.15) is 0 Å². The molecule has 3 unspecified atom stereocenters. The summed E-state index contributed by atoms with van der Waals surface area (Å²) in [5.41, 5.74) is 1.54. The quantitative estimate of drug-likeness (QED) is 0.781. The molecule has 1 aliphatic heterocycles. The highest BCUT2D eigenvalue weighted by molar-refractivity contribution is 5.06. The number of nitrogens with one attached hydrogen (secondary N) is 1. The second-order valence-electron chi connectivity index (χ2n) is 6.41. The highest BCUT2D eigenvalue weighted by Gasteiger charge is 2.32. The second kappa shape index (κ2) is 5.72. The molecule has 1 heterocycles. The van der Waals surface area contributed by atoms with Crippen molar-refractivity contribution in [2.45, 2.75) is 52.4 Å². The van der Waals surface area contributed by atoms with Crippen LogP contribution in [0.5, 0.6) is 0 Å². The number of hydrogen-bond donors (Lipinski definition) is 1. The van der Waals surface area contributed by atoms with E-state index in [-0.39, 0.29) is 6.10 Å². The van der Waals surface area contributed by atoms with Gasteiger partial charge in [-0.2, -0.15) is 0 Å². The summed E-state index contributed by atoms with van der Waals surface area (Å²) < 4.78 is 11.3. The van der Waals surface area contributed by atoms with Crippen LogP contribution in [-0.4, -0.2) is 31.6 Å². The van der Waals surface area contributed by atoms with Crippen molar-refractivity contribution < 1.29 is 9.47 Å². The van der Waals surface area contributed by atoms with E-state index in [0.29, 0.717) is 6.61 Å². The van der Waals surface area contributed by atoms with Gasteiger partial charge in [0.15, 0.2) is 5.79 Å². The van der Waals surface area contributed by atoms with Crippen LogP contribution in [0.2, 0.25) is 0 Å². The van der Waals surface area contributed by atoms with Gasteiger partial charge in [-0.15, -0.1) is 0 Å². The Hall–Kier alpha value is -0.380. The lowest BCUT2D eigenvalue weighted by molar-refractivity contribution is -0.137. The minimum Gasteiger partial charge on any atom is -0.348 e. The summed E-state index contributed by atoms with van der Waals surface area (Å²) in [7, 11) is 0. The normalized spacial score (nSPS) is 35.6. The maximum absolute atomic E-state index is 5.78. The molecule has 0 bridgehead atoms. The Kier molecular flexibility index (Phi) is 4.46. The molecule has 0 spiro atoms. The zero-order valence-corrected chi connectivity index (χ0v) is 12.2. The first-order valence-corrected chi connectivity index (χ1v) is 7.14. The van der Waals surface area contributed by atoms with Gasteiger partial charge in [0.05, 0.1) is 12.7 Å². The van der Waals surface area contributed by atoms with Gasteiger partial charge in [-0.05, 0) is 52.0 Å². The lowest BCUT2D eigenvalue weighted by atomic mass is 9.84. The van der Waals surface area contributed by atoms with E-state index >= 15 is 0 Å². The van der Waals surface area contributed by atoms with E-state index in [2.05, 4.69) is 25.2 Å². The molecule has 0 aromatic carbocycles. The molecule has 0 saturated carbocycles. The molecule has 0 radical (unpaired) electrons. The second-order valence-corrected chi connectivity index (χ2v) is 6.41. The fourth-order valence-electron chi connectivity index (χ4n) is 3.15. The van der Waals surface area contributed by atoms with Crippen LogP contribution in [0.25, 0.3) is 0 Å². The molecule has 3 nitrogen and oxygen atoms in total. The Bertz CT molecular complexity index is 312. The summed E-state index contributed by atoms with van der Waals surface area (Å²) in [6.45, 7) is 11.2. The molecule has 1 saturated heterocycles. The molecule has 3 atom stereocenters. The Morgan fingerprint density at radius 2 is 2.17 bits per heavy atom. The SMILES string of the molecule is CC1=CC(C)CC(CNCC2COC(C)(C)O2)C1. The van der Waals surface area contributed by atoms with Crippen LogP contribution in [0.15, 0.2) is 11.6 Å². The van der Waals surface area contributed by atoms with E-state index in [1.165, 1.54) is 12.8 Å². The number of hydrogen-bond acceptors (Lipinski definition) is 3. The molecule has 0 aromatic heterocycles. The summed E-state index contributed by atoms with van der Waals surface area (Å²) >= 11 is 0. The minimum absolute atomic E-state index is 0.206. The summed E-state index contributed by atoms with van der Waals surface area (Å²) in [6.07, 6.45) is 5.16. The van der Waals surface area contributed by atoms with Crippen molar-refractivity contribution in [2.75, 3.05) is 19.7 Å². The first-order valence-electron chi connectivity index (χ1n) is 7.14. The molecule has 18 heavy (non-hydrogen) atoms. The average Bonchev–Trinajstić information content (AvgIpc) is 2.57. The minimum atomic E-state index is -0.398. The number of ether oxygens (including phenoxy) is 2. The predicted molar refractivity (Wildman–Crippen MR) is 73.4 cm³/mol. The standard InChI is InChI=1S/C15H27NO2/c1-11-5-12(2)7-13(6-11)8-16-9-14-10-17-15(3,4)18-14/h5,11,13-14,16H,6-10H2,1-4H3. The summed E-state index contributed by atoms with van der Waals surface area (Å²) in [5, 5.41) is 3.54. The van der Waals surface area contributed by atoms with Crippen LogP contribution in [0, 0.1) is 11.8 Å².